The Morgan fingerprint density at radius 1 is 1.42 bits per heavy atom. The van der Waals surface area contributed by atoms with Crippen LogP contribution in [0.2, 0.25) is 5.02 Å². The molecule has 1 amide bonds. The molecule has 0 aliphatic heterocycles. The molecule has 4 N–H and O–H groups in total. The molecule has 174 valence electrons. The fourth-order valence-corrected chi connectivity index (χ4v) is 3.79. The van der Waals surface area contributed by atoms with Crippen LogP contribution in [-0.4, -0.2) is 57.1 Å². The van der Waals surface area contributed by atoms with E-state index in [2.05, 4.69) is 26.8 Å². The molecule has 33 heavy (non-hydrogen) atoms. The van der Waals surface area contributed by atoms with E-state index in [9.17, 15) is 10.1 Å². The SMILES string of the molecule is COCCC(=O)NCC1(n2ccc(CCNc3nc4c(Cl)c(C)nn4c(N)c3C#N)n2)CC1. The number of nitrogen functional groups attached to an aromatic ring is 1. The number of aryl methyl sites for hydroxylation is 1. The number of hydrogen-bond donors (Lipinski definition) is 3. The lowest BCUT2D eigenvalue weighted by molar-refractivity contribution is -0.122. The number of nitrogens with one attached hydrogen (secondary N) is 2. The van der Waals surface area contributed by atoms with Gasteiger partial charge in [0.05, 0.1) is 23.5 Å². The molecule has 3 aromatic heterocycles. The molecule has 0 saturated heterocycles. The largest absolute Gasteiger partial charge is 0.384 e. The van der Waals surface area contributed by atoms with Gasteiger partial charge in [0.15, 0.2) is 5.65 Å². The number of halogens is 1. The Bertz CT molecular complexity index is 1220. The number of carbonyl (C=O) groups is 1. The minimum absolute atomic E-state index is 0.0229. The molecule has 12 heteroatoms. The van der Waals surface area contributed by atoms with Crippen molar-refractivity contribution in [2.75, 3.05) is 37.9 Å². The summed E-state index contributed by atoms with van der Waals surface area (Å²) < 4.78 is 8.26. The smallest absolute Gasteiger partial charge is 0.222 e. The van der Waals surface area contributed by atoms with Crippen LogP contribution in [0.3, 0.4) is 0 Å². The third-order valence-electron chi connectivity index (χ3n) is 5.79. The van der Waals surface area contributed by atoms with Crippen molar-refractivity contribution in [3.05, 3.63) is 34.2 Å². The van der Waals surface area contributed by atoms with Gasteiger partial charge in [-0.05, 0) is 25.8 Å². The number of methoxy groups -OCH3 is 1. The fraction of sp³-hybridized carbons (Fsp3) is 0.476. The zero-order valence-electron chi connectivity index (χ0n) is 18.6. The molecule has 1 aliphatic carbocycles. The molecule has 11 nitrogen and oxygen atoms in total. The predicted octanol–water partition coefficient (Wildman–Crippen LogP) is 1.64. The van der Waals surface area contributed by atoms with Crippen LogP contribution in [0, 0.1) is 18.3 Å². The maximum Gasteiger partial charge on any atom is 0.222 e. The number of amides is 1. The van der Waals surface area contributed by atoms with Crippen molar-refractivity contribution in [3.8, 4) is 6.07 Å². The molecule has 0 unspecified atom stereocenters. The average Bonchev–Trinajstić information content (AvgIpc) is 3.35. The minimum atomic E-state index is -0.153. The first-order valence-electron chi connectivity index (χ1n) is 10.7. The molecule has 0 radical (unpaired) electrons. The summed E-state index contributed by atoms with van der Waals surface area (Å²) in [5, 5.41) is 25.0. The van der Waals surface area contributed by atoms with Crippen LogP contribution >= 0.6 is 11.6 Å². The Hall–Kier alpha value is -3.36. The number of fused-ring (bicyclic) bond motifs is 1. The van der Waals surface area contributed by atoms with E-state index in [4.69, 9.17) is 27.2 Å². The summed E-state index contributed by atoms with van der Waals surface area (Å²) in [5.41, 5.74) is 8.07. The molecule has 1 aliphatic rings. The summed E-state index contributed by atoms with van der Waals surface area (Å²) in [4.78, 5) is 16.3. The van der Waals surface area contributed by atoms with Crippen molar-refractivity contribution in [1.29, 1.82) is 5.26 Å². The summed E-state index contributed by atoms with van der Waals surface area (Å²) in [7, 11) is 1.58. The third kappa shape index (κ3) is 4.58. The molecule has 1 fully saturated rings. The highest BCUT2D eigenvalue weighted by atomic mass is 35.5. The number of anilines is 2. The van der Waals surface area contributed by atoms with E-state index in [0.29, 0.717) is 54.7 Å². The highest BCUT2D eigenvalue weighted by Gasteiger charge is 2.45. The Morgan fingerprint density at radius 3 is 2.91 bits per heavy atom. The van der Waals surface area contributed by atoms with E-state index in [-0.39, 0.29) is 22.8 Å². The first-order valence-corrected chi connectivity index (χ1v) is 11.1. The average molecular weight is 472 g/mol. The molecule has 4 rings (SSSR count). The first-order chi connectivity index (χ1) is 15.9. The summed E-state index contributed by atoms with van der Waals surface area (Å²) in [6, 6.07) is 4.05. The van der Waals surface area contributed by atoms with E-state index in [1.165, 1.54) is 4.52 Å². The molecular formula is C21H26ClN9O2. The van der Waals surface area contributed by atoms with Crippen molar-refractivity contribution in [2.45, 2.75) is 38.1 Å². The molecule has 0 atom stereocenters. The van der Waals surface area contributed by atoms with Crippen LogP contribution in [0.25, 0.3) is 5.65 Å². The molecular weight excluding hydrogens is 446 g/mol. The van der Waals surface area contributed by atoms with Gasteiger partial charge in [-0.15, -0.1) is 0 Å². The van der Waals surface area contributed by atoms with Crippen LogP contribution in [0.1, 0.15) is 36.2 Å². The third-order valence-corrected chi connectivity index (χ3v) is 6.24. The quantitative estimate of drug-likeness (QED) is 0.404. The zero-order chi connectivity index (χ0) is 23.6. The van der Waals surface area contributed by atoms with Crippen LogP contribution in [0.4, 0.5) is 11.6 Å². The summed E-state index contributed by atoms with van der Waals surface area (Å²) in [6.45, 7) is 3.21. The molecule has 1 saturated carbocycles. The fourth-order valence-electron chi connectivity index (χ4n) is 3.63. The van der Waals surface area contributed by atoms with E-state index in [1.807, 2.05) is 16.9 Å². The van der Waals surface area contributed by atoms with Gasteiger partial charge in [0.2, 0.25) is 5.91 Å². The van der Waals surface area contributed by atoms with Crippen molar-refractivity contribution >= 4 is 34.8 Å². The predicted molar refractivity (Wildman–Crippen MR) is 123 cm³/mol. The summed E-state index contributed by atoms with van der Waals surface area (Å²) in [6.07, 6.45) is 4.85. The highest BCUT2D eigenvalue weighted by Crippen LogP contribution is 2.42. The summed E-state index contributed by atoms with van der Waals surface area (Å²) >= 11 is 6.28. The Morgan fingerprint density at radius 2 is 2.21 bits per heavy atom. The second-order valence-corrected chi connectivity index (χ2v) is 8.52. The van der Waals surface area contributed by atoms with Gasteiger partial charge in [-0.25, -0.2) is 4.98 Å². The van der Waals surface area contributed by atoms with E-state index in [0.717, 1.165) is 18.5 Å². The van der Waals surface area contributed by atoms with Crippen LogP contribution in [0.15, 0.2) is 12.3 Å². The number of nitrogens with two attached hydrogens (primary N) is 1. The maximum absolute atomic E-state index is 11.9. The van der Waals surface area contributed by atoms with Gasteiger partial charge in [-0.2, -0.15) is 20.0 Å². The second kappa shape index (κ2) is 9.25. The van der Waals surface area contributed by atoms with E-state index < -0.39 is 0 Å². The number of nitrogens with zero attached hydrogens (tertiary/aromatic N) is 6. The maximum atomic E-state index is 11.9. The topological polar surface area (TPSA) is 148 Å². The lowest BCUT2D eigenvalue weighted by Gasteiger charge is -2.17. The van der Waals surface area contributed by atoms with Gasteiger partial charge >= 0.3 is 0 Å². The van der Waals surface area contributed by atoms with Crippen LogP contribution in [0.5, 0.6) is 0 Å². The molecule has 0 bridgehead atoms. The van der Waals surface area contributed by atoms with Crippen molar-refractivity contribution in [2.24, 2.45) is 0 Å². The Kier molecular flexibility index (Phi) is 6.40. The standard InChI is InChI=1S/C21H26ClN9O2/c1-13-17(22)20-27-19(15(11-23)18(24)31(20)28-13)25-8-3-14-4-9-30(29-14)21(6-7-21)12-26-16(32)5-10-33-2/h4,9H,3,5-8,10,12,24H2,1-2H3,(H,25,27)(H,26,32). The number of hydrogen-bond acceptors (Lipinski definition) is 8. The first kappa shape index (κ1) is 22.8. The molecule has 0 spiro atoms. The monoisotopic (exact) mass is 471 g/mol. The lowest BCUT2D eigenvalue weighted by Crippen LogP contribution is -2.36. The van der Waals surface area contributed by atoms with Gasteiger partial charge in [0, 0.05) is 39.2 Å². The van der Waals surface area contributed by atoms with Gasteiger partial charge < -0.3 is 21.1 Å². The second-order valence-electron chi connectivity index (χ2n) is 8.14. The van der Waals surface area contributed by atoms with E-state index in [1.54, 1.807) is 14.0 Å². The molecule has 3 heterocycles. The van der Waals surface area contributed by atoms with Gasteiger partial charge in [-0.3, -0.25) is 9.48 Å². The van der Waals surface area contributed by atoms with Crippen molar-refractivity contribution in [1.82, 2.24) is 29.7 Å². The molecule has 0 aromatic carbocycles. The Labute approximate surface area is 195 Å². The van der Waals surface area contributed by atoms with E-state index >= 15 is 0 Å². The lowest BCUT2D eigenvalue weighted by atomic mass is 10.2. The number of aromatic nitrogens is 5. The van der Waals surface area contributed by atoms with Gasteiger partial charge in [-0.1, -0.05) is 11.6 Å². The molecule has 3 aromatic rings. The summed E-state index contributed by atoms with van der Waals surface area (Å²) in [5.74, 6) is 0.527. The number of nitriles is 1. The number of ether oxygens (including phenoxy) is 1. The van der Waals surface area contributed by atoms with Crippen molar-refractivity contribution < 1.29 is 9.53 Å². The normalized spacial score (nSPS) is 14.2. The number of rotatable bonds is 10. The Balaban J connectivity index is 1.39. The minimum Gasteiger partial charge on any atom is -0.384 e. The zero-order valence-corrected chi connectivity index (χ0v) is 19.3. The highest BCUT2D eigenvalue weighted by molar-refractivity contribution is 6.34. The van der Waals surface area contributed by atoms with Crippen LogP contribution in [-0.2, 0) is 21.5 Å². The van der Waals surface area contributed by atoms with Crippen molar-refractivity contribution in [3.63, 3.8) is 0 Å². The number of carbonyl (C=O) groups excluding carboxylic acids is 1. The van der Waals surface area contributed by atoms with Crippen LogP contribution < -0.4 is 16.4 Å². The van der Waals surface area contributed by atoms with Gasteiger partial charge in [0.1, 0.15) is 28.3 Å². The van der Waals surface area contributed by atoms with Gasteiger partial charge in [0.25, 0.3) is 0 Å².